The molecule has 15 heavy (non-hydrogen) atoms. The van der Waals surface area contributed by atoms with Crippen LogP contribution in [0, 0.1) is 0 Å². The number of ether oxygens (including phenoxy) is 1. The van der Waals surface area contributed by atoms with Crippen molar-refractivity contribution in [3.8, 4) is 0 Å². The van der Waals surface area contributed by atoms with Crippen molar-refractivity contribution in [2.24, 2.45) is 5.84 Å². The van der Waals surface area contributed by atoms with Gasteiger partial charge in [-0.15, -0.1) is 0 Å². The molecule has 1 atom stereocenters. The van der Waals surface area contributed by atoms with Crippen LogP contribution in [0.3, 0.4) is 0 Å². The zero-order valence-electron chi connectivity index (χ0n) is 8.44. The number of nitrogens with two attached hydrogens (primary N) is 1. The molecular formula is C9H15N5O. The van der Waals surface area contributed by atoms with Crippen molar-refractivity contribution >= 4 is 11.6 Å². The summed E-state index contributed by atoms with van der Waals surface area (Å²) in [5, 5.41) is 3.19. The van der Waals surface area contributed by atoms with E-state index in [9.17, 15) is 0 Å². The second-order valence-corrected chi connectivity index (χ2v) is 3.45. The fourth-order valence-electron chi connectivity index (χ4n) is 1.56. The maximum absolute atomic E-state index is 5.49. The van der Waals surface area contributed by atoms with E-state index in [0.717, 1.165) is 31.8 Å². The van der Waals surface area contributed by atoms with Gasteiger partial charge in [0.05, 0.1) is 6.10 Å². The second-order valence-electron chi connectivity index (χ2n) is 3.45. The first-order valence-electron chi connectivity index (χ1n) is 5.02. The van der Waals surface area contributed by atoms with Crippen molar-refractivity contribution in [3.63, 3.8) is 0 Å². The number of hydrogen-bond acceptors (Lipinski definition) is 6. The van der Waals surface area contributed by atoms with E-state index in [1.54, 1.807) is 6.07 Å². The Balaban J connectivity index is 1.86. The highest BCUT2D eigenvalue weighted by molar-refractivity contribution is 5.45. The van der Waals surface area contributed by atoms with E-state index < -0.39 is 0 Å². The predicted molar refractivity (Wildman–Crippen MR) is 57.3 cm³/mol. The summed E-state index contributed by atoms with van der Waals surface area (Å²) in [6.07, 6.45) is 4.02. The number of hydrazine groups is 1. The SMILES string of the molecule is NNc1cc(NCC2CCCO2)ncn1. The third kappa shape index (κ3) is 2.77. The Morgan fingerprint density at radius 1 is 1.47 bits per heavy atom. The van der Waals surface area contributed by atoms with Crippen LogP contribution in [0.15, 0.2) is 12.4 Å². The van der Waals surface area contributed by atoms with Crippen LogP contribution in [0.5, 0.6) is 0 Å². The summed E-state index contributed by atoms with van der Waals surface area (Å²) in [5.74, 6) is 6.60. The van der Waals surface area contributed by atoms with Gasteiger partial charge in [0, 0.05) is 19.2 Å². The van der Waals surface area contributed by atoms with E-state index in [1.807, 2.05) is 0 Å². The van der Waals surface area contributed by atoms with Gasteiger partial charge in [-0.25, -0.2) is 15.8 Å². The lowest BCUT2D eigenvalue weighted by atomic mass is 10.2. The van der Waals surface area contributed by atoms with Gasteiger partial charge in [0.15, 0.2) is 0 Å². The summed E-state index contributed by atoms with van der Waals surface area (Å²) >= 11 is 0. The maximum atomic E-state index is 5.49. The average Bonchev–Trinajstić information content (AvgIpc) is 2.79. The standard InChI is InChI=1S/C9H15N5O/c10-14-9-4-8(12-6-13-9)11-5-7-2-1-3-15-7/h4,6-7H,1-3,5,10H2,(H2,11,12,13,14). The largest absolute Gasteiger partial charge is 0.376 e. The molecule has 1 saturated heterocycles. The summed E-state index contributed by atoms with van der Waals surface area (Å²) in [4.78, 5) is 7.99. The molecular weight excluding hydrogens is 194 g/mol. The monoisotopic (exact) mass is 209 g/mol. The number of nitrogen functional groups attached to an aromatic ring is 1. The Labute approximate surface area is 88.2 Å². The molecule has 1 aliphatic heterocycles. The molecule has 6 heteroatoms. The van der Waals surface area contributed by atoms with Gasteiger partial charge in [-0.05, 0) is 12.8 Å². The van der Waals surface area contributed by atoms with Gasteiger partial charge in [-0.3, -0.25) is 0 Å². The maximum Gasteiger partial charge on any atom is 0.145 e. The van der Waals surface area contributed by atoms with Gasteiger partial charge >= 0.3 is 0 Å². The van der Waals surface area contributed by atoms with Gasteiger partial charge in [0.1, 0.15) is 18.0 Å². The van der Waals surface area contributed by atoms with Crippen LogP contribution in [0.25, 0.3) is 0 Å². The molecule has 82 valence electrons. The quantitative estimate of drug-likeness (QED) is 0.490. The van der Waals surface area contributed by atoms with Crippen LogP contribution in [-0.2, 0) is 4.74 Å². The molecule has 1 unspecified atom stereocenters. The molecule has 0 aromatic carbocycles. The number of nitrogens with one attached hydrogen (secondary N) is 2. The minimum Gasteiger partial charge on any atom is -0.376 e. The topological polar surface area (TPSA) is 85.1 Å². The van der Waals surface area contributed by atoms with Gasteiger partial charge in [-0.1, -0.05) is 0 Å². The van der Waals surface area contributed by atoms with Gasteiger partial charge in [-0.2, -0.15) is 0 Å². The van der Waals surface area contributed by atoms with Crippen LogP contribution in [0.1, 0.15) is 12.8 Å². The van der Waals surface area contributed by atoms with Gasteiger partial charge in [0.25, 0.3) is 0 Å². The molecule has 2 heterocycles. The van der Waals surface area contributed by atoms with Gasteiger partial charge < -0.3 is 15.5 Å². The van der Waals surface area contributed by atoms with Crippen LogP contribution in [0.2, 0.25) is 0 Å². The normalized spacial score (nSPS) is 20.2. The number of rotatable bonds is 4. The lowest BCUT2D eigenvalue weighted by Crippen LogP contribution is -2.19. The predicted octanol–water partition coefficient (Wildman–Crippen LogP) is 0.353. The van der Waals surface area contributed by atoms with Crippen LogP contribution < -0.4 is 16.6 Å². The first kappa shape index (κ1) is 10.1. The van der Waals surface area contributed by atoms with Crippen molar-refractivity contribution in [1.29, 1.82) is 0 Å². The first-order valence-corrected chi connectivity index (χ1v) is 5.02. The molecule has 1 aromatic heterocycles. The second kappa shape index (κ2) is 4.90. The van der Waals surface area contributed by atoms with Gasteiger partial charge in [0.2, 0.25) is 0 Å². The minimum absolute atomic E-state index is 0.300. The molecule has 1 aromatic rings. The molecule has 0 amide bonds. The molecule has 0 saturated carbocycles. The molecule has 1 aliphatic rings. The fourth-order valence-corrected chi connectivity index (χ4v) is 1.56. The molecule has 4 N–H and O–H groups in total. The van der Waals surface area contributed by atoms with Crippen LogP contribution in [-0.4, -0.2) is 29.2 Å². The van der Waals surface area contributed by atoms with Crippen molar-refractivity contribution in [2.75, 3.05) is 23.9 Å². The number of hydrogen-bond donors (Lipinski definition) is 3. The Bertz CT molecular complexity index is 313. The Morgan fingerprint density at radius 2 is 2.33 bits per heavy atom. The zero-order valence-corrected chi connectivity index (χ0v) is 8.44. The van der Waals surface area contributed by atoms with E-state index in [4.69, 9.17) is 10.6 Å². The van der Waals surface area contributed by atoms with Crippen molar-refractivity contribution < 1.29 is 4.74 Å². The fraction of sp³-hybridized carbons (Fsp3) is 0.556. The lowest BCUT2D eigenvalue weighted by Gasteiger charge is -2.11. The number of nitrogens with zero attached hydrogens (tertiary/aromatic N) is 2. The molecule has 2 rings (SSSR count). The van der Waals surface area contributed by atoms with Crippen LogP contribution >= 0.6 is 0 Å². The summed E-state index contributed by atoms with van der Waals surface area (Å²) < 4.78 is 5.49. The number of aromatic nitrogens is 2. The Hall–Kier alpha value is -1.40. The van der Waals surface area contributed by atoms with Crippen LogP contribution in [0.4, 0.5) is 11.6 Å². The Kier molecular flexibility index (Phi) is 3.31. The Morgan fingerprint density at radius 3 is 3.07 bits per heavy atom. The molecule has 1 fully saturated rings. The molecule has 0 bridgehead atoms. The summed E-state index contributed by atoms with van der Waals surface area (Å²) in [5.41, 5.74) is 2.47. The summed E-state index contributed by atoms with van der Waals surface area (Å²) in [6, 6.07) is 1.76. The third-order valence-corrected chi connectivity index (χ3v) is 2.35. The van der Waals surface area contributed by atoms with Crippen molar-refractivity contribution in [2.45, 2.75) is 18.9 Å². The molecule has 0 radical (unpaired) electrons. The third-order valence-electron chi connectivity index (χ3n) is 2.35. The molecule has 0 aliphatic carbocycles. The molecule has 6 nitrogen and oxygen atoms in total. The summed E-state index contributed by atoms with van der Waals surface area (Å²) in [7, 11) is 0. The molecule has 0 spiro atoms. The van der Waals surface area contributed by atoms with Crippen molar-refractivity contribution in [1.82, 2.24) is 9.97 Å². The van der Waals surface area contributed by atoms with E-state index in [-0.39, 0.29) is 0 Å². The summed E-state index contributed by atoms with van der Waals surface area (Å²) in [6.45, 7) is 1.65. The van der Waals surface area contributed by atoms with Crippen molar-refractivity contribution in [3.05, 3.63) is 12.4 Å². The highest BCUT2D eigenvalue weighted by Gasteiger charge is 2.14. The van der Waals surface area contributed by atoms with E-state index >= 15 is 0 Å². The number of anilines is 2. The highest BCUT2D eigenvalue weighted by Crippen LogP contribution is 2.13. The first-order chi connectivity index (χ1) is 7.38. The van der Waals surface area contributed by atoms with E-state index in [0.29, 0.717) is 11.9 Å². The highest BCUT2D eigenvalue weighted by atomic mass is 16.5. The van der Waals surface area contributed by atoms with E-state index in [1.165, 1.54) is 6.33 Å². The van der Waals surface area contributed by atoms with E-state index in [2.05, 4.69) is 20.7 Å². The smallest absolute Gasteiger partial charge is 0.145 e. The zero-order chi connectivity index (χ0) is 10.5. The lowest BCUT2D eigenvalue weighted by molar-refractivity contribution is 0.120. The average molecular weight is 209 g/mol. The minimum atomic E-state index is 0.300.